The first-order valence-corrected chi connectivity index (χ1v) is 6.77. The van der Waals surface area contributed by atoms with Gasteiger partial charge in [-0.1, -0.05) is 35.9 Å². The summed E-state index contributed by atoms with van der Waals surface area (Å²) in [5.41, 5.74) is 2.04. The molecular weight excluding hydrogens is 286 g/mol. The third-order valence-electron chi connectivity index (χ3n) is 2.95. The number of benzene rings is 2. The minimum absolute atomic E-state index is 0.223. The second-order valence-electron chi connectivity index (χ2n) is 4.47. The molecule has 0 aliphatic carbocycles. The number of carbonyl (C=O) groups is 1. The van der Waals surface area contributed by atoms with Crippen LogP contribution in [0.3, 0.4) is 0 Å². The molecule has 3 rings (SSSR count). The second-order valence-corrected chi connectivity index (χ2v) is 4.91. The molecule has 0 saturated carbocycles. The van der Waals surface area contributed by atoms with Gasteiger partial charge in [0.05, 0.1) is 17.4 Å². The summed E-state index contributed by atoms with van der Waals surface area (Å²) in [5.74, 6) is -0.223. The Morgan fingerprint density at radius 1 is 1.10 bits per heavy atom. The maximum absolute atomic E-state index is 12.2. The van der Waals surface area contributed by atoms with E-state index < -0.39 is 0 Å². The largest absolute Gasteiger partial charge is 0.322 e. The Morgan fingerprint density at radius 2 is 1.90 bits per heavy atom. The molecular formula is C16H12ClN3O. The van der Waals surface area contributed by atoms with Crippen molar-refractivity contribution in [2.45, 2.75) is 0 Å². The number of amides is 1. The quantitative estimate of drug-likeness (QED) is 0.800. The first kappa shape index (κ1) is 13.4. The number of nitrogens with one attached hydrogen (secondary N) is 1. The van der Waals surface area contributed by atoms with E-state index in [2.05, 4.69) is 10.4 Å². The monoisotopic (exact) mass is 297 g/mol. The highest BCUT2D eigenvalue weighted by molar-refractivity contribution is 6.30. The summed E-state index contributed by atoms with van der Waals surface area (Å²) < 4.78 is 1.66. The van der Waals surface area contributed by atoms with Crippen molar-refractivity contribution in [2.75, 3.05) is 5.32 Å². The Morgan fingerprint density at radius 3 is 2.67 bits per heavy atom. The molecule has 1 heterocycles. The van der Waals surface area contributed by atoms with Gasteiger partial charge in [0.15, 0.2) is 0 Å². The lowest BCUT2D eigenvalue weighted by molar-refractivity contribution is 0.102. The number of hydrogen-bond donors (Lipinski definition) is 1. The summed E-state index contributed by atoms with van der Waals surface area (Å²) in [5, 5.41) is 7.56. The third-order valence-corrected chi connectivity index (χ3v) is 3.18. The van der Waals surface area contributed by atoms with Crippen LogP contribution in [0.4, 0.5) is 5.69 Å². The molecule has 4 nitrogen and oxygen atoms in total. The Balaban J connectivity index is 1.78. The van der Waals surface area contributed by atoms with Gasteiger partial charge in [-0.25, -0.2) is 4.68 Å². The standard InChI is InChI=1S/C16H12ClN3O/c17-13-5-4-6-14(9-13)19-16(21)12-10-18-20(11-12)15-7-2-1-3-8-15/h1-11H,(H,19,21). The zero-order chi connectivity index (χ0) is 14.7. The van der Waals surface area contributed by atoms with E-state index in [9.17, 15) is 4.79 Å². The maximum Gasteiger partial charge on any atom is 0.258 e. The molecule has 21 heavy (non-hydrogen) atoms. The predicted molar refractivity (Wildman–Crippen MR) is 83.0 cm³/mol. The van der Waals surface area contributed by atoms with E-state index in [0.29, 0.717) is 16.3 Å². The Kier molecular flexibility index (Phi) is 3.71. The van der Waals surface area contributed by atoms with E-state index in [1.807, 2.05) is 30.3 Å². The highest BCUT2D eigenvalue weighted by Gasteiger charge is 2.09. The van der Waals surface area contributed by atoms with Crippen LogP contribution in [-0.4, -0.2) is 15.7 Å². The molecule has 5 heteroatoms. The Hall–Kier alpha value is -2.59. The average Bonchev–Trinajstić information content (AvgIpc) is 2.98. The number of halogens is 1. The summed E-state index contributed by atoms with van der Waals surface area (Å²) in [4.78, 5) is 12.2. The second kappa shape index (κ2) is 5.81. The van der Waals surface area contributed by atoms with Gasteiger partial charge in [0.2, 0.25) is 0 Å². The van der Waals surface area contributed by atoms with Crippen molar-refractivity contribution >= 4 is 23.2 Å². The van der Waals surface area contributed by atoms with Crippen molar-refractivity contribution in [1.82, 2.24) is 9.78 Å². The van der Waals surface area contributed by atoms with Crippen LogP contribution in [0.15, 0.2) is 67.0 Å². The van der Waals surface area contributed by atoms with Gasteiger partial charge >= 0.3 is 0 Å². The zero-order valence-electron chi connectivity index (χ0n) is 11.0. The lowest BCUT2D eigenvalue weighted by Crippen LogP contribution is -2.10. The minimum Gasteiger partial charge on any atom is -0.322 e. The van der Waals surface area contributed by atoms with Crippen LogP contribution in [-0.2, 0) is 0 Å². The van der Waals surface area contributed by atoms with Gasteiger partial charge in [0, 0.05) is 16.9 Å². The van der Waals surface area contributed by atoms with Crippen molar-refractivity contribution in [3.8, 4) is 5.69 Å². The van der Waals surface area contributed by atoms with Gasteiger partial charge in [-0.05, 0) is 30.3 Å². The van der Waals surface area contributed by atoms with Crippen LogP contribution in [0, 0.1) is 0 Å². The molecule has 3 aromatic rings. The van der Waals surface area contributed by atoms with Crippen LogP contribution in [0.1, 0.15) is 10.4 Å². The summed E-state index contributed by atoms with van der Waals surface area (Å²) >= 11 is 5.89. The fourth-order valence-electron chi connectivity index (χ4n) is 1.93. The lowest BCUT2D eigenvalue weighted by atomic mass is 10.3. The van der Waals surface area contributed by atoms with Crippen LogP contribution >= 0.6 is 11.6 Å². The molecule has 0 unspecified atom stereocenters. The molecule has 0 saturated heterocycles. The molecule has 0 atom stereocenters. The molecule has 0 bridgehead atoms. The Labute approximate surface area is 127 Å². The Bertz CT molecular complexity index is 768. The number of carbonyl (C=O) groups excluding carboxylic acids is 1. The summed E-state index contributed by atoms with van der Waals surface area (Å²) in [6.07, 6.45) is 3.22. The van der Waals surface area contributed by atoms with Gasteiger partial charge in [0.1, 0.15) is 0 Å². The van der Waals surface area contributed by atoms with Crippen molar-refractivity contribution in [2.24, 2.45) is 0 Å². The minimum atomic E-state index is -0.223. The first-order valence-electron chi connectivity index (χ1n) is 6.39. The molecule has 0 spiro atoms. The molecule has 104 valence electrons. The van der Waals surface area contributed by atoms with Crippen LogP contribution in [0.25, 0.3) is 5.69 Å². The first-order chi connectivity index (χ1) is 10.2. The number of aromatic nitrogens is 2. The third kappa shape index (κ3) is 3.12. The summed E-state index contributed by atoms with van der Waals surface area (Å²) in [7, 11) is 0. The van der Waals surface area contributed by atoms with E-state index in [0.717, 1.165) is 5.69 Å². The zero-order valence-corrected chi connectivity index (χ0v) is 11.8. The highest BCUT2D eigenvalue weighted by atomic mass is 35.5. The smallest absolute Gasteiger partial charge is 0.258 e. The van der Waals surface area contributed by atoms with Crippen molar-refractivity contribution in [3.63, 3.8) is 0 Å². The number of rotatable bonds is 3. The molecule has 1 amide bonds. The van der Waals surface area contributed by atoms with Crippen LogP contribution in [0.5, 0.6) is 0 Å². The highest BCUT2D eigenvalue weighted by Crippen LogP contribution is 2.16. The van der Waals surface area contributed by atoms with E-state index in [1.54, 1.807) is 35.1 Å². The van der Waals surface area contributed by atoms with E-state index >= 15 is 0 Å². The molecule has 0 aliphatic heterocycles. The molecule has 1 N–H and O–H groups in total. The summed E-state index contributed by atoms with van der Waals surface area (Å²) in [6, 6.07) is 16.6. The fourth-order valence-corrected chi connectivity index (χ4v) is 2.12. The number of anilines is 1. The summed E-state index contributed by atoms with van der Waals surface area (Å²) in [6.45, 7) is 0. The number of para-hydroxylation sites is 1. The van der Waals surface area contributed by atoms with Gasteiger partial charge in [-0.3, -0.25) is 4.79 Å². The average molecular weight is 298 g/mol. The van der Waals surface area contributed by atoms with Crippen molar-refractivity contribution in [1.29, 1.82) is 0 Å². The van der Waals surface area contributed by atoms with Crippen LogP contribution < -0.4 is 5.32 Å². The van der Waals surface area contributed by atoms with Gasteiger partial charge in [-0.2, -0.15) is 5.10 Å². The van der Waals surface area contributed by atoms with E-state index in [1.165, 1.54) is 6.20 Å². The normalized spacial score (nSPS) is 10.3. The van der Waals surface area contributed by atoms with E-state index in [4.69, 9.17) is 11.6 Å². The molecule has 0 radical (unpaired) electrons. The lowest BCUT2D eigenvalue weighted by Gasteiger charge is -2.03. The number of hydrogen-bond acceptors (Lipinski definition) is 2. The van der Waals surface area contributed by atoms with Crippen LogP contribution in [0.2, 0.25) is 5.02 Å². The van der Waals surface area contributed by atoms with Crippen molar-refractivity contribution < 1.29 is 4.79 Å². The van der Waals surface area contributed by atoms with Crippen molar-refractivity contribution in [3.05, 3.63) is 77.6 Å². The molecule has 2 aromatic carbocycles. The predicted octanol–water partition coefficient (Wildman–Crippen LogP) is 3.78. The molecule has 1 aromatic heterocycles. The van der Waals surface area contributed by atoms with Gasteiger partial charge in [-0.15, -0.1) is 0 Å². The topological polar surface area (TPSA) is 46.9 Å². The fraction of sp³-hybridized carbons (Fsp3) is 0. The van der Waals surface area contributed by atoms with E-state index in [-0.39, 0.29) is 5.91 Å². The van der Waals surface area contributed by atoms with Gasteiger partial charge in [0.25, 0.3) is 5.91 Å². The SMILES string of the molecule is O=C(Nc1cccc(Cl)c1)c1cnn(-c2ccccc2)c1. The van der Waals surface area contributed by atoms with Gasteiger partial charge < -0.3 is 5.32 Å². The maximum atomic E-state index is 12.2. The molecule has 0 aliphatic rings. The number of nitrogens with zero attached hydrogens (tertiary/aromatic N) is 2. The molecule has 0 fully saturated rings.